The fraction of sp³-hybridized carbons (Fsp3) is 0.333. The summed E-state index contributed by atoms with van der Waals surface area (Å²) in [6, 6.07) is 7.86. The van der Waals surface area contributed by atoms with Gasteiger partial charge in [0.2, 0.25) is 0 Å². The van der Waals surface area contributed by atoms with E-state index in [-0.39, 0.29) is 17.8 Å². The molecule has 0 N–H and O–H groups in total. The summed E-state index contributed by atoms with van der Waals surface area (Å²) in [5.74, 6) is 0.0265. The van der Waals surface area contributed by atoms with Gasteiger partial charge in [0.05, 0.1) is 29.9 Å². The van der Waals surface area contributed by atoms with Crippen molar-refractivity contribution in [1.29, 1.82) is 0 Å². The number of carbonyl (C=O) groups excluding carboxylic acids is 1. The number of halogens is 1. The van der Waals surface area contributed by atoms with E-state index >= 15 is 0 Å². The molecule has 8 heteroatoms. The van der Waals surface area contributed by atoms with E-state index in [0.717, 1.165) is 28.0 Å². The zero-order chi connectivity index (χ0) is 18.4. The van der Waals surface area contributed by atoms with Crippen LogP contribution in [0.3, 0.4) is 0 Å². The van der Waals surface area contributed by atoms with Crippen molar-refractivity contribution in [3.63, 3.8) is 0 Å². The van der Waals surface area contributed by atoms with E-state index < -0.39 is 0 Å². The zero-order valence-electron chi connectivity index (χ0n) is 14.7. The Balaban J connectivity index is 1.82. The Hall–Kier alpha value is -2.48. The number of hydrogen-bond acceptors (Lipinski definition) is 5. The molecule has 1 aliphatic carbocycles. The first kappa shape index (κ1) is 17.0. The lowest BCUT2D eigenvalue weighted by Crippen LogP contribution is -2.08. The van der Waals surface area contributed by atoms with E-state index in [1.165, 1.54) is 7.11 Å². The van der Waals surface area contributed by atoms with Gasteiger partial charge < -0.3 is 4.74 Å². The van der Waals surface area contributed by atoms with Crippen molar-refractivity contribution in [1.82, 2.24) is 24.8 Å². The second-order valence-corrected chi connectivity index (χ2v) is 7.41. The van der Waals surface area contributed by atoms with Crippen LogP contribution in [0.4, 0.5) is 0 Å². The lowest BCUT2D eigenvalue weighted by molar-refractivity contribution is 0.0598. The van der Waals surface area contributed by atoms with Crippen molar-refractivity contribution in [2.75, 3.05) is 7.11 Å². The van der Waals surface area contributed by atoms with Crippen LogP contribution in [-0.2, 0) is 11.8 Å². The minimum atomic E-state index is -0.358. The molecule has 4 rings (SSSR count). The number of carbonyl (C=O) groups is 1. The zero-order valence-corrected chi connectivity index (χ0v) is 16.3. The van der Waals surface area contributed by atoms with Crippen molar-refractivity contribution >= 4 is 21.9 Å². The van der Waals surface area contributed by atoms with E-state index in [0.29, 0.717) is 11.3 Å². The summed E-state index contributed by atoms with van der Waals surface area (Å²) < 4.78 is 9.53. The third kappa shape index (κ3) is 2.84. The summed E-state index contributed by atoms with van der Waals surface area (Å²) in [7, 11) is 3.25. The summed E-state index contributed by atoms with van der Waals surface area (Å²) in [6.07, 6.45) is 2.83. The number of aromatic nitrogens is 5. The summed E-state index contributed by atoms with van der Waals surface area (Å²) in [5.41, 5.74) is 3.92. The Morgan fingerprint density at radius 1 is 1.35 bits per heavy atom. The third-order valence-electron chi connectivity index (χ3n) is 4.68. The van der Waals surface area contributed by atoms with Crippen molar-refractivity contribution in [3.05, 3.63) is 57.6 Å². The molecule has 0 radical (unpaired) electrons. The number of aryl methyl sites for hydroxylation is 2. The Morgan fingerprint density at radius 3 is 2.81 bits per heavy atom. The van der Waals surface area contributed by atoms with Crippen LogP contribution in [-0.4, -0.2) is 37.9 Å². The van der Waals surface area contributed by atoms with Crippen LogP contribution in [0.5, 0.6) is 0 Å². The highest BCUT2D eigenvalue weighted by Crippen LogP contribution is 2.55. The van der Waals surface area contributed by atoms with Crippen LogP contribution in [0, 0.1) is 6.92 Å². The van der Waals surface area contributed by atoms with Crippen molar-refractivity contribution in [2.45, 2.75) is 25.2 Å². The predicted molar refractivity (Wildman–Crippen MR) is 98.4 cm³/mol. The standard InChI is InChI=1S/C18H18BrN5O2/c1-10-16(18(25)26-3)17(14-8-13(14)15-9-23(2)22-20-15)24(21-10)12-6-4-5-11(19)7-12/h4-7,9,13-14H,8H2,1-3H3. The number of benzene rings is 1. The van der Waals surface area contributed by atoms with E-state index in [2.05, 4.69) is 31.3 Å². The quantitative estimate of drug-likeness (QED) is 0.611. The molecule has 2 heterocycles. The first-order valence-electron chi connectivity index (χ1n) is 8.29. The van der Waals surface area contributed by atoms with Gasteiger partial charge in [-0.3, -0.25) is 4.68 Å². The second kappa shape index (κ2) is 6.35. The highest BCUT2D eigenvalue weighted by Gasteiger charge is 2.46. The molecule has 0 amide bonds. The molecule has 2 aromatic heterocycles. The van der Waals surface area contributed by atoms with Crippen molar-refractivity contribution < 1.29 is 9.53 Å². The molecule has 1 fully saturated rings. The summed E-state index contributed by atoms with van der Waals surface area (Å²) in [5, 5.41) is 12.9. The van der Waals surface area contributed by atoms with E-state index in [9.17, 15) is 4.79 Å². The minimum absolute atomic E-state index is 0.154. The Labute approximate surface area is 159 Å². The molecule has 1 aromatic carbocycles. The van der Waals surface area contributed by atoms with Gasteiger partial charge in [-0.2, -0.15) is 5.10 Å². The SMILES string of the molecule is COC(=O)c1c(C)nn(-c2cccc(Br)c2)c1C1CC1c1cn(C)nn1. The number of rotatable bonds is 4. The molecule has 2 atom stereocenters. The van der Waals surface area contributed by atoms with Crippen LogP contribution in [0.1, 0.15) is 45.7 Å². The largest absolute Gasteiger partial charge is 0.465 e. The number of hydrogen-bond donors (Lipinski definition) is 0. The average Bonchev–Trinajstić information content (AvgIpc) is 3.16. The van der Waals surface area contributed by atoms with E-state index in [1.54, 1.807) is 4.68 Å². The van der Waals surface area contributed by atoms with Crippen LogP contribution in [0.15, 0.2) is 34.9 Å². The number of ether oxygens (including phenoxy) is 1. The second-order valence-electron chi connectivity index (χ2n) is 6.49. The molecule has 0 spiro atoms. The Bertz CT molecular complexity index is 993. The highest BCUT2D eigenvalue weighted by atomic mass is 79.9. The third-order valence-corrected chi connectivity index (χ3v) is 5.17. The van der Waals surface area contributed by atoms with Gasteiger partial charge in [-0.05, 0) is 31.5 Å². The number of nitrogens with zero attached hydrogens (tertiary/aromatic N) is 5. The van der Waals surface area contributed by atoms with Crippen LogP contribution in [0.2, 0.25) is 0 Å². The monoisotopic (exact) mass is 415 g/mol. The van der Waals surface area contributed by atoms with Crippen LogP contribution >= 0.6 is 15.9 Å². The fourth-order valence-electron chi connectivity index (χ4n) is 3.41. The molecule has 0 aliphatic heterocycles. The topological polar surface area (TPSA) is 74.8 Å². The molecule has 3 aromatic rings. The maximum Gasteiger partial charge on any atom is 0.341 e. The first-order valence-corrected chi connectivity index (χ1v) is 9.09. The maximum atomic E-state index is 12.4. The Morgan fingerprint density at radius 2 is 2.15 bits per heavy atom. The fourth-order valence-corrected chi connectivity index (χ4v) is 3.79. The summed E-state index contributed by atoms with van der Waals surface area (Å²) in [4.78, 5) is 12.4. The number of esters is 1. The molecule has 0 bridgehead atoms. The lowest BCUT2D eigenvalue weighted by Gasteiger charge is -2.09. The number of methoxy groups -OCH3 is 1. The van der Waals surface area contributed by atoms with Crippen molar-refractivity contribution in [3.8, 4) is 5.69 Å². The van der Waals surface area contributed by atoms with Gasteiger partial charge in [-0.15, -0.1) is 5.10 Å². The lowest BCUT2D eigenvalue weighted by atomic mass is 10.1. The highest BCUT2D eigenvalue weighted by molar-refractivity contribution is 9.10. The molecule has 7 nitrogen and oxygen atoms in total. The summed E-state index contributed by atoms with van der Waals surface area (Å²) in [6.45, 7) is 1.84. The smallest absolute Gasteiger partial charge is 0.341 e. The molecule has 134 valence electrons. The van der Waals surface area contributed by atoms with Gasteiger partial charge in [0.25, 0.3) is 0 Å². The van der Waals surface area contributed by atoms with Gasteiger partial charge >= 0.3 is 5.97 Å². The van der Waals surface area contributed by atoms with Gasteiger partial charge in [-0.1, -0.05) is 27.2 Å². The molecular weight excluding hydrogens is 398 g/mol. The summed E-state index contributed by atoms with van der Waals surface area (Å²) >= 11 is 3.50. The first-order chi connectivity index (χ1) is 12.5. The van der Waals surface area contributed by atoms with Gasteiger partial charge in [0.15, 0.2) is 0 Å². The molecule has 1 saturated carbocycles. The minimum Gasteiger partial charge on any atom is -0.465 e. The maximum absolute atomic E-state index is 12.4. The van der Waals surface area contributed by atoms with Gasteiger partial charge in [0.1, 0.15) is 5.56 Å². The predicted octanol–water partition coefficient (Wildman–Crippen LogP) is 3.13. The van der Waals surface area contributed by atoms with Gasteiger partial charge in [0, 0.05) is 29.6 Å². The normalized spacial score (nSPS) is 18.8. The Kier molecular flexibility index (Phi) is 4.14. The molecular formula is C18H18BrN5O2. The average molecular weight is 416 g/mol. The van der Waals surface area contributed by atoms with E-state index in [4.69, 9.17) is 4.74 Å². The molecule has 2 unspecified atom stereocenters. The van der Waals surface area contributed by atoms with Crippen LogP contribution in [0.25, 0.3) is 5.69 Å². The van der Waals surface area contributed by atoms with Crippen LogP contribution < -0.4 is 0 Å². The van der Waals surface area contributed by atoms with Crippen molar-refractivity contribution in [2.24, 2.45) is 7.05 Å². The molecule has 26 heavy (non-hydrogen) atoms. The van der Waals surface area contributed by atoms with E-state index in [1.807, 2.05) is 49.1 Å². The molecule has 1 aliphatic rings. The van der Waals surface area contributed by atoms with Gasteiger partial charge in [-0.25, -0.2) is 9.48 Å². The molecule has 0 saturated heterocycles.